The minimum atomic E-state index is -0.214. The van der Waals surface area contributed by atoms with Gasteiger partial charge in [0.25, 0.3) is 5.56 Å². The highest BCUT2D eigenvalue weighted by molar-refractivity contribution is 7.71. The van der Waals surface area contributed by atoms with Gasteiger partial charge in [0.1, 0.15) is 11.5 Å². The molecule has 0 aliphatic carbocycles. The lowest BCUT2D eigenvalue weighted by Gasteiger charge is -2.19. The molecule has 1 unspecified atom stereocenters. The number of nitrogens with one attached hydrogen (secondary N) is 2. The van der Waals surface area contributed by atoms with E-state index in [2.05, 4.69) is 10.3 Å². The van der Waals surface area contributed by atoms with Crippen molar-refractivity contribution in [3.63, 3.8) is 0 Å². The first-order valence-electron chi connectivity index (χ1n) is 7.89. The van der Waals surface area contributed by atoms with Crippen LogP contribution in [0.25, 0.3) is 11.3 Å². The number of aromatic amines is 1. The highest BCUT2D eigenvalue weighted by Crippen LogP contribution is 2.33. The molecule has 0 amide bonds. The molecule has 136 valence electrons. The Morgan fingerprint density at radius 2 is 2.08 bits per heavy atom. The first-order chi connectivity index (χ1) is 11.6. The third kappa shape index (κ3) is 4.23. The van der Waals surface area contributed by atoms with Crippen molar-refractivity contribution >= 4 is 24.6 Å². The Labute approximate surface area is 157 Å². The van der Waals surface area contributed by atoms with Gasteiger partial charge in [-0.05, 0) is 49.8 Å². The van der Waals surface area contributed by atoms with Crippen molar-refractivity contribution in [1.29, 1.82) is 0 Å². The van der Waals surface area contributed by atoms with Crippen LogP contribution in [0.1, 0.15) is 6.42 Å². The Kier molecular flexibility index (Phi) is 6.64. The number of methoxy groups -OCH3 is 2. The highest BCUT2D eigenvalue weighted by Gasteiger charge is 2.19. The third-order valence-corrected chi connectivity index (χ3v) is 4.64. The zero-order valence-electron chi connectivity index (χ0n) is 14.2. The van der Waals surface area contributed by atoms with Crippen LogP contribution in [0.3, 0.4) is 0 Å². The summed E-state index contributed by atoms with van der Waals surface area (Å²) in [5, 5.41) is 3.36. The number of hydrogen-bond acceptors (Lipinski definition) is 5. The van der Waals surface area contributed by atoms with Crippen molar-refractivity contribution in [2.45, 2.75) is 13.0 Å². The summed E-state index contributed by atoms with van der Waals surface area (Å²) in [6.07, 6.45) is 1.10. The second kappa shape index (κ2) is 8.51. The summed E-state index contributed by atoms with van der Waals surface area (Å²) in [5.41, 5.74) is 1.37. The van der Waals surface area contributed by atoms with E-state index in [1.165, 1.54) is 0 Å². The van der Waals surface area contributed by atoms with Crippen LogP contribution in [-0.2, 0) is 6.54 Å². The number of benzene rings is 1. The Morgan fingerprint density at radius 3 is 2.72 bits per heavy atom. The first-order valence-corrected chi connectivity index (χ1v) is 8.30. The number of nitrogens with zero attached hydrogens (tertiary/aromatic N) is 1. The average molecular weight is 384 g/mol. The van der Waals surface area contributed by atoms with Crippen LogP contribution in [0.15, 0.2) is 29.1 Å². The molecule has 2 aromatic rings. The summed E-state index contributed by atoms with van der Waals surface area (Å²) < 4.78 is 13.2. The molecule has 0 spiro atoms. The second-order valence-electron chi connectivity index (χ2n) is 5.86. The van der Waals surface area contributed by atoms with Gasteiger partial charge in [-0.15, -0.1) is 12.4 Å². The minimum Gasteiger partial charge on any atom is -0.497 e. The van der Waals surface area contributed by atoms with Gasteiger partial charge in [0.15, 0.2) is 4.77 Å². The van der Waals surface area contributed by atoms with Crippen LogP contribution in [0, 0.1) is 10.7 Å². The van der Waals surface area contributed by atoms with Gasteiger partial charge in [-0.3, -0.25) is 9.78 Å². The molecule has 2 heterocycles. The quantitative estimate of drug-likeness (QED) is 0.777. The predicted molar refractivity (Wildman–Crippen MR) is 103 cm³/mol. The lowest BCUT2D eigenvalue weighted by molar-refractivity contribution is 0.395. The Morgan fingerprint density at radius 1 is 1.28 bits per heavy atom. The van der Waals surface area contributed by atoms with Gasteiger partial charge in [0.05, 0.1) is 19.9 Å². The molecule has 25 heavy (non-hydrogen) atoms. The largest absolute Gasteiger partial charge is 0.497 e. The topological polar surface area (TPSA) is 68.3 Å². The van der Waals surface area contributed by atoms with Crippen molar-refractivity contribution in [3.8, 4) is 22.8 Å². The van der Waals surface area contributed by atoms with Gasteiger partial charge in [0, 0.05) is 24.2 Å². The van der Waals surface area contributed by atoms with E-state index in [1.807, 2.05) is 16.7 Å². The summed E-state index contributed by atoms with van der Waals surface area (Å²) >= 11 is 5.41. The summed E-state index contributed by atoms with van der Waals surface area (Å²) in [4.78, 5) is 14.7. The molecule has 1 aliphatic rings. The molecular formula is C17H22ClN3O3S. The van der Waals surface area contributed by atoms with Gasteiger partial charge in [0.2, 0.25) is 0 Å². The number of H-pyrrole nitrogens is 1. The Bertz CT molecular complexity index is 844. The maximum absolute atomic E-state index is 12.0. The summed E-state index contributed by atoms with van der Waals surface area (Å²) in [6.45, 7) is 2.73. The fourth-order valence-corrected chi connectivity index (χ4v) is 3.34. The monoisotopic (exact) mass is 383 g/mol. The highest BCUT2D eigenvalue weighted by atomic mass is 35.5. The average Bonchev–Trinajstić information content (AvgIpc) is 3.09. The number of halogens is 1. The number of hydrogen-bond donors (Lipinski definition) is 2. The number of rotatable bonds is 5. The smallest absolute Gasteiger partial charge is 0.252 e. The van der Waals surface area contributed by atoms with E-state index in [4.69, 9.17) is 21.7 Å². The zero-order chi connectivity index (χ0) is 17.1. The fourth-order valence-electron chi connectivity index (χ4n) is 3.06. The van der Waals surface area contributed by atoms with E-state index in [0.717, 1.165) is 37.3 Å². The van der Waals surface area contributed by atoms with Crippen LogP contribution in [0.4, 0.5) is 0 Å². The molecule has 8 heteroatoms. The molecule has 1 atom stereocenters. The van der Waals surface area contributed by atoms with E-state index in [1.54, 1.807) is 26.4 Å². The molecule has 6 nitrogen and oxygen atoms in total. The van der Waals surface area contributed by atoms with Crippen molar-refractivity contribution < 1.29 is 9.47 Å². The van der Waals surface area contributed by atoms with Crippen LogP contribution < -0.4 is 20.3 Å². The van der Waals surface area contributed by atoms with Gasteiger partial charge in [-0.1, -0.05) is 0 Å². The molecule has 2 N–H and O–H groups in total. The molecule has 1 aromatic carbocycles. The fraction of sp³-hybridized carbons (Fsp3) is 0.412. The minimum absolute atomic E-state index is 0. The molecule has 1 saturated heterocycles. The van der Waals surface area contributed by atoms with Crippen LogP contribution in [0.5, 0.6) is 11.5 Å². The van der Waals surface area contributed by atoms with E-state index >= 15 is 0 Å². The van der Waals surface area contributed by atoms with Crippen molar-refractivity contribution in [2.75, 3.05) is 27.3 Å². The Hall–Kier alpha value is -1.83. The van der Waals surface area contributed by atoms with E-state index in [0.29, 0.717) is 22.2 Å². The van der Waals surface area contributed by atoms with Crippen molar-refractivity contribution in [3.05, 3.63) is 39.4 Å². The molecular weight excluding hydrogens is 362 g/mol. The first kappa shape index (κ1) is 19.5. The molecule has 1 aliphatic heterocycles. The van der Waals surface area contributed by atoms with E-state index in [-0.39, 0.29) is 18.0 Å². The lowest BCUT2D eigenvalue weighted by atomic mass is 10.1. The van der Waals surface area contributed by atoms with Crippen LogP contribution in [0.2, 0.25) is 0 Å². The van der Waals surface area contributed by atoms with Crippen molar-refractivity contribution in [2.24, 2.45) is 5.92 Å². The third-order valence-electron chi connectivity index (χ3n) is 4.32. The van der Waals surface area contributed by atoms with Gasteiger partial charge < -0.3 is 19.4 Å². The van der Waals surface area contributed by atoms with E-state index < -0.39 is 0 Å². The normalized spacial score (nSPS) is 16.3. The molecule has 0 bridgehead atoms. The zero-order valence-corrected chi connectivity index (χ0v) is 15.8. The number of aromatic nitrogens is 2. The summed E-state index contributed by atoms with van der Waals surface area (Å²) in [7, 11) is 3.21. The number of ether oxygens (including phenoxy) is 2. The molecule has 1 aromatic heterocycles. The maximum Gasteiger partial charge on any atom is 0.252 e. The van der Waals surface area contributed by atoms with E-state index in [9.17, 15) is 4.79 Å². The van der Waals surface area contributed by atoms with Crippen LogP contribution in [-0.4, -0.2) is 36.9 Å². The second-order valence-corrected chi connectivity index (χ2v) is 6.25. The Balaban J connectivity index is 0.00000225. The predicted octanol–water partition coefficient (Wildman–Crippen LogP) is 2.62. The summed E-state index contributed by atoms with van der Waals surface area (Å²) in [5.74, 6) is 1.84. The maximum atomic E-state index is 12.0. The SMILES string of the molecule is COc1ccc(-c2cc(=O)[nH]c(=S)n2CC2CCNC2)c(OC)c1.Cl. The van der Waals surface area contributed by atoms with Gasteiger partial charge in [-0.25, -0.2) is 0 Å². The van der Waals surface area contributed by atoms with Gasteiger partial charge in [-0.2, -0.15) is 0 Å². The molecule has 0 saturated carbocycles. The summed E-state index contributed by atoms with van der Waals surface area (Å²) in [6, 6.07) is 7.12. The lowest BCUT2D eigenvalue weighted by Crippen LogP contribution is -2.20. The molecule has 0 radical (unpaired) electrons. The molecule has 3 rings (SSSR count). The van der Waals surface area contributed by atoms with Crippen molar-refractivity contribution in [1.82, 2.24) is 14.9 Å². The van der Waals surface area contributed by atoms with Gasteiger partial charge >= 0.3 is 0 Å². The molecule has 1 fully saturated rings. The van der Waals surface area contributed by atoms with Crippen LogP contribution >= 0.6 is 24.6 Å². The standard InChI is InChI=1S/C17H21N3O3S.ClH/c1-22-12-3-4-13(15(7-12)23-2)14-8-16(21)19-17(24)20(14)10-11-5-6-18-9-11;/h3-4,7-8,11,18H,5-6,9-10H2,1-2H3,(H,19,21,24);1H.